The van der Waals surface area contributed by atoms with Crippen molar-refractivity contribution in [3.8, 4) is 5.75 Å². The maximum atomic E-state index is 12.6. The number of nitro benzene ring substituents is 1. The third-order valence-corrected chi connectivity index (χ3v) is 4.32. The SMILES string of the molecule is COc1ccc(C(=O)N(C)C2CCCCCC2)cc1[N+](=O)[O-]. The molecule has 0 aliphatic heterocycles. The van der Waals surface area contributed by atoms with Crippen molar-refractivity contribution >= 4 is 11.6 Å². The topological polar surface area (TPSA) is 72.7 Å². The number of carbonyl (C=O) groups excluding carboxylic acids is 1. The molecule has 0 atom stereocenters. The van der Waals surface area contributed by atoms with E-state index in [-0.39, 0.29) is 23.4 Å². The quantitative estimate of drug-likeness (QED) is 0.485. The largest absolute Gasteiger partial charge is 0.490 e. The van der Waals surface area contributed by atoms with Crippen LogP contribution in [0, 0.1) is 10.1 Å². The summed E-state index contributed by atoms with van der Waals surface area (Å²) in [6, 6.07) is 4.58. The molecule has 1 aliphatic carbocycles. The third-order valence-electron chi connectivity index (χ3n) is 4.32. The fourth-order valence-corrected chi connectivity index (χ4v) is 2.98. The van der Waals surface area contributed by atoms with Gasteiger partial charge < -0.3 is 9.64 Å². The van der Waals surface area contributed by atoms with Crippen LogP contribution in [0.15, 0.2) is 18.2 Å². The van der Waals surface area contributed by atoms with Gasteiger partial charge in [-0.05, 0) is 25.0 Å². The van der Waals surface area contributed by atoms with Crippen LogP contribution in [-0.4, -0.2) is 35.9 Å². The fourth-order valence-electron chi connectivity index (χ4n) is 2.98. The molecule has 1 amide bonds. The number of carbonyl (C=O) groups is 1. The van der Waals surface area contributed by atoms with Crippen LogP contribution >= 0.6 is 0 Å². The Balaban J connectivity index is 2.21. The second-order valence-corrected chi connectivity index (χ2v) is 5.71. The molecule has 0 heterocycles. The summed E-state index contributed by atoms with van der Waals surface area (Å²) in [6.45, 7) is 0. The standard InChI is InChI=1S/C16H22N2O4/c1-17(13-7-5-3-4-6-8-13)16(19)12-9-10-15(22-2)14(11-12)18(20)21/h9-11,13H,3-8H2,1-2H3. The summed E-state index contributed by atoms with van der Waals surface area (Å²) >= 11 is 0. The fraction of sp³-hybridized carbons (Fsp3) is 0.562. The molecular weight excluding hydrogens is 284 g/mol. The van der Waals surface area contributed by atoms with E-state index in [4.69, 9.17) is 4.74 Å². The van der Waals surface area contributed by atoms with Crippen molar-refractivity contribution in [1.29, 1.82) is 0 Å². The van der Waals surface area contributed by atoms with Crippen LogP contribution in [-0.2, 0) is 0 Å². The van der Waals surface area contributed by atoms with Gasteiger partial charge in [0.15, 0.2) is 5.75 Å². The lowest BCUT2D eigenvalue weighted by atomic mass is 10.1. The molecule has 6 nitrogen and oxygen atoms in total. The molecule has 1 fully saturated rings. The Bertz CT molecular complexity index is 551. The minimum absolute atomic E-state index is 0.165. The van der Waals surface area contributed by atoms with Crippen molar-refractivity contribution in [3.05, 3.63) is 33.9 Å². The highest BCUT2D eigenvalue weighted by molar-refractivity contribution is 5.95. The first-order valence-electron chi connectivity index (χ1n) is 7.64. The summed E-state index contributed by atoms with van der Waals surface area (Å²) < 4.78 is 4.97. The molecule has 2 rings (SSSR count). The molecule has 1 aromatic carbocycles. The Labute approximate surface area is 130 Å². The highest BCUT2D eigenvalue weighted by Crippen LogP contribution is 2.29. The minimum atomic E-state index is -0.527. The predicted molar refractivity (Wildman–Crippen MR) is 83.2 cm³/mol. The number of nitro groups is 1. The van der Waals surface area contributed by atoms with Crippen molar-refractivity contribution in [3.63, 3.8) is 0 Å². The third kappa shape index (κ3) is 3.55. The van der Waals surface area contributed by atoms with E-state index in [2.05, 4.69) is 0 Å². The molecule has 0 saturated heterocycles. The van der Waals surface area contributed by atoms with Crippen molar-refractivity contribution < 1.29 is 14.5 Å². The van der Waals surface area contributed by atoms with Gasteiger partial charge in [-0.2, -0.15) is 0 Å². The van der Waals surface area contributed by atoms with Crippen LogP contribution in [0.5, 0.6) is 5.75 Å². The molecule has 0 unspecified atom stereocenters. The van der Waals surface area contributed by atoms with Gasteiger partial charge in [0.25, 0.3) is 5.91 Å². The summed E-state index contributed by atoms with van der Waals surface area (Å²) in [5.41, 5.74) is 0.155. The molecule has 120 valence electrons. The number of rotatable bonds is 4. The number of benzene rings is 1. The summed E-state index contributed by atoms with van der Waals surface area (Å²) in [4.78, 5) is 24.9. The summed E-state index contributed by atoms with van der Waals surface area (Å²) in [5, 5.41) is 11.1. The summed E-state index contributed by atoms with van der Waals surface area (Å²) in [6.07, 6.45) is 6.69. The van der Waals surface area contributed by atoms with E-state index in [1.165, 1.54) is 32.1 Å². The highest BCUT2D eigenvalue weighted by Gasteiger charge is 2.24. The Hall–Kier alpha value is -2.11. The Morgan fingerprint density at radius 1 is 1.27 bits per heavy atom. The lowest BCUT2D eigenvalue weighted by molar-refractivity contribution is -0.385. The molecule has 0 spiro atoms. The second-order valence-electron chi connectivity index (χ2n) is 5.71. The van der Waals surface area contributed by atoms with Crippen LogP contribution in [0.4, 0.5) is 5.69 Å². The Kier molecular flexibility index (Phi) is 5.35. The zero-order valence-electron chi connectivity index (χ0n) is 13.1. The van der Waals surface area contributed by atoms with Gasteiger partial charge in [0.05, 0.1) is 12.0 Å². The van der Waals surface area contributed by atoms with Crippen LogP contribution in [0.25, 0.3) is 0 Å². The van der Waals surface area contributed by atoms with Crippen LogP contribution in [0.3, 0.4) is 0 Å². The first-order chi connectivity index (χ1) is 10.5. The Morgan fingerprint density at radius 2 is 1.91 bits per heavy atom. The zero-order valence-corrected chi connectivity index (χ0v) is 13.1. The van der Waals surface area contributed by atoms with Crippen molar-refractivity contribution in [2.24, 2.45) is 0 Å². The summed E-state index contributed by atoms with van der Waals surface area (Å²) in [7, 11) is 3.16. The first-order valence-corrected chi connectivity index (χ1v) is 7.64. The van der Waals surface area contributed by atoms with Gasteiger partial charge in [-0.1, -0.05) is 25.7 Å². The molecule has 1 saturated carbocycles. The lowest BCUT2D eigenvalue weighted by Crippen LogP contribution is -2.36. The lowest BCUT2D eigenvalue weighted by Gasteiger charge is -2.27. The maximum Gasteiger partial charge on any atom is 0.311 e. The average molecular weight is 306 g/mol. The van der Waals surface area contributed by atoms with E-state index < -0.39 is 4.92 Å². The molecule has 22 heavy (non-hydrogen) atoms. The summed E-state index contributed by atoms with van der Waals surface area (Å²) in [5.74, 6) is -0.00341. The van der Waals surface area contributed by atoms with Gasteiger partial charge in [0.1, 0.15) is 0 Å². The molecule has 0 radical (unpaired) electrons. The molecule has 1 aliphatic rings. The number of ether oxygens (including phenoxy) is 1. The molecular formula is C16H22N2O4. The molecule has 1 aromatic rings. The van der Waals surface area contributed by atoms with Crippen molar-refractivity contribution in [2.45, 2.75) is 44.6 Å². The van der Waals surface area contributed by atoms with Gasteiger partial charge in [0.2, 0.25) is 0 Å². The zero-order chi connectivity index (χ0) is 16.1. The van der Waals surface area contributed by atoms with Gasteiger partial charge in [0, 0.05) is 24.7 Å². The van der Waals surface area contributed by atoms with Gasteiger partial charge in [-0.15, -0.1) is 0 Å². The molecule has 6 heteroatoms. The van der Waals surface area contributed by atoms with E-state index in [1.807, 2.05) is 0 Å². The molecule has 0 aromatic heterocycles. The number of hydrogen-bond acceptors (Lipinski definition) is 4. The normalized spacial score (nSPS) is 15.9. The van der Waals surface area contributed by atoms with Crippen LogP contribution in [0.2, 0.25) is 0 Å². The smallest absolute Gasteiger partial charge is 0.311 e. The van der Waals surface area contributed by atoms with Crippen molar-refractivity contribution in [2.75, 3.05) is 14.2 Å². The van der Waals surface area contributed by atoms with E-state index in [9.17, 15) is 14.9 Å². The van der Waals surface area contributed by atoms with E-state index in [0.717, 1.165) is 25.7 Å². The van der Waals surface area contributed by atoms with Gasteiger partial charge in [-0.3, -0.25) is 14.9 Å². The average Bonchev–Trinajstić information content (AvgIpc) is 2.82. The second kappa shape index (κ2) is 7.24. The van der Waals surface area contributed by atoms with E-state index in [0.29, 0.717) is 5.56 Å². The van der Waals surface area contributed by atoms with Gasteiger partial charge >= 0.3 is 5.69 Å². The van der Waals surface area contributed by atoms with Gasteiger partial charge in [-0.25, -0.2) is 0 Å². The van der Waals surface area contributed by atoms with E-state index in [1.54, 1.807) is 18.0 Å². The number of hydrogen-bond donors (Lipinski definition) is 0. The Morgan fingerprint density at radius 3 is 2.45 bits per heavy atom. The minimum Gasteiger partial charge on any atom is -0.490 e. The van der Waals surface area contributed by atoms with E-state index >= 15 is 0 Å². The molecule has 0 N–H and O–H groups in total. The monoisotopic (exact) mass is 306 g/mol. The first kappa shape index (κ1) is 16.3. The van der Waals surface area contributed by atoms with Crippen LogP contribution in [0.1, 0.15) is 48.9 Å². The predicted octanol–water partition coefficient (Wildman–Crippen LogP) is 3.40. The maximum absolute atomic E-state index is 12.6. The van der Waals surface area contributed by atoms with Crippen molar-refractivity contribution in [1.82, 2.24) is 4.90 Å². The number of amides is 1. The highest BCUT2D eigenvalue weighted by atomic mass is 16.6. The number of methoxy groups -OCH3 is 1. The molecule has 0 bridgehead atoms. The van der Waals surface area contributed by atoms with Crippen LogP contribution < -0.4 is 4.74 Å². The number of nitrogens with zero attached hydrogens (tertiary/aromatic N) is 2.